The predicted octanol–water partition coefficient (Wildman–Crippen LogP) is 2.53. The lowest BCUT2D eigenvalue weighted by molar-refractivity contribution is 0.172. The van der Waals surface area contributed by atoms with Gasteiger partial charge in [-0.3, -0.25) is 0 Å². The number of fused-ring (bicyclic) bond motifs is 1. The van der Waals surface area contributed by atoms with E-state index in [-0.39, 0.29) is 0 Å². The van der Waals surface area contributed by atoms with Crippen LogP contribution in [0.15, 0.2) is 36.4 Å². The van der Waals surface area contributed by atoms with E-state index < -0.39 is 6.10 Å². The smallest absolute Gasteiger partial charge is 0.0808 e. The molecule has 0 radical (unpaired) electrons. The van der Waals surface area contributed by atoms with Crippen molar-refractivity contribution < 1.29 is 5.11 Å². The Labute approximate surface area is 95.7 Å². The summed E-state index contributed by atoms with van der Waals surface area (Å²) in [6.07, 6.45) is 0.142. The van der Waals surface area contributed by atoms with Crippen LogP contribution in [-0.4, -0.2) is 11.7 Å². The third kappa shape index (κ3) is 1.94. The first-order valence-corrected chi connectivity index (χ1v) is 5.60. The van der Waals surface area contributed by atoms with Crippen molar-refractivity contribution in [2.45, 2.75) is 19.4 Å². The lowest BCUT2D eigenvalue weighted by atomic mass is 9.96. The molecule has 0 aliphatic carbocycles. The Hall–Kier alpha value is -1.38. The molecular formula is C14H17NO. The second kappa shape index (κ2) is 4.64. The van der Waals surface area contributed by atoms with Crippen LogP contribution in [-0.2, 0) is 0 Å². The molecule has 0 heterocycles. The molecule has 0 saturated carbocycles. The number of hydrogen-bond acceptors (Lipinski definition) is 2. The van der Waals surface area contributed by atoms with E-state index in [1.165, 1.54) is 10.9 Å². The first-order valence-electron chi connectivity index (χ1n) is 5.60. The van der Waals surface area contributed by atoms with E-state index >= 15 is 0 Å². The van der Waals surface area contributed by atoms with Crippen LogP contribution < -0.4 is 5.73 Å². The van der Waals surface area contributed by atoms with Crippen LogP contribution in [0.2, 0.25) is 0 Å². The Balaban J connectivity index is 2.58. The van der Waals surface area contributed by atoms with Crippen LogP contribution in [0.1, 0.15) is 23.7 Å². The molecule has 3 N–H and O–H groups in total. The molecule has 16 heavy (non-hydrogen) atoms. The Morgan fingerprint density at radius 1 is 1.12 bits per heavy atom. The standard InChI is InChI=1S/C14H17NO/c1-10-6-7-13(14(16)8-9-15)12-5-3-2-4-11(10)12/h2-7,14,16H,8-9,15H2,1H3/t14-/m1/s1. The average molecular weight is 215 g/mol. The van der Waals surface area contributed by atoms with Crippen molar-refractivity contribution >= 4 is 10.8 Å². The summed E-state index contributed by atoms with van der Waals surface area (Å²) < 4.78 is 0. The highest BCUT2D eigenvalue weighted by atomic mass is 16.3. The van der Waals surface area contributed by atoms with Gasteiger partial charge in [-0.25, -0.2) is 0 Å². The first kappa shape index (κ1) is 11.1. The molecule has 2 aromatic rings. The maximum atomic E-state index is 10.0. The second-order valence-corrected chi connectivity index (χ2v) is 4.11. The number of aliphatic hydroxyl groups is 1. The third-order valence-corrected chi connectivity index (χ3v) is 2.97. The summed E-state index contributed by atoms with van der Waals surface area (Å²) in [5.41, 5.74) is 7.69. The second-order valence-electron chi connectivity index (χ2n) is 4.11. The highest BCUT2D eigenvalue weighted by Crippen LogP contribution is 2.28. The first-order chi connectivity index (χ1) is 7.74. The quantitative estimate of drug-likeness (QED) is 0.826. The average Bonchev–Trinajstić information content (AvgIpc) is 2.30. The van der Waals surface area contributed by atoms with Gasteiger partial charge in [-0.05, 0) is 41.8 Å². The zero-order chi connectivity index (χ0) is 11.5. The van der Waals surface area contributed by atoms with E-state index in [4.69, 9.17) is 5.73 Å². The van der Waals surface area contributed by atoms with Crippen molar-refractivity contribution in [3.63, 3.8) is 0 Å². The van der Waals surface area contributed by atoms with E-state index in [2.05, 4.69) is 25.1 Å². The van der Waals surface area contributed by atoms with Crippen LogP contribution in [0, 0.1) is 6.92 Å². The molecule has 1 atom stereocenters. The fraction of sp³-hybridized carbons (Fsp3) is 0.286. The zero-order valence-electron chi connectivity index (χ0n) is 9.48. The summed E-state index contributed by atoms with van der Waals surface area (Å²) in [4.78, 5) is 0. The van der Waals surface area contributed by atoms with Gasteiger partial charge in [0.1, 0.15) is 0 Å². The van der Waals surface area contributed by atoms with Gasteiger partial charge >= 0.3 is 0 Å². The minimum atomic E-state index is -0.463. The molecule has 2 heteroatoms. The molecule has 0 aliphatic rings. The topological polar surface area (TPSA) is 46.2 Å². The summed E-state index contributed by atoms with van der Waals surface area (Å²) in [6.45, 7) is 2.59. The summed E-state index contributed by atoms with van der Waals surface area (Å²) in [7, 11) is 0. The van der Waals surface area contributed by atoms with E-state index in [1.54, 1.807) is 0 Å². The minimum absolute atomic E-state index is 0.463. The fourth-order valence-corrected chi connectivity index (χ4v) is 2.08. The molecule has 2 rings (SSSR count). The van der Waals surface area contributed by atoms with Gasteiger partial charge in [-0.15, -0.1) is 0 Å². The molecule has 0 aliphatic heterocycles. The van der Waals surface area contributed by atoms with Gasteiger partial charge in [0.2, 0.25) is 0 Å². The van der Waals surface area contributed by atoms with Gasteiger partial charge in [0.15, 0.2) is 0 Å². The van der Waals surface area contributed by atoms with Crippen LogP contribution in [0.4, 0.5) is 0 Å². The Morgan fingerprint density at radius 2 is 1.81 bits per heavy atom. The lowest BCUT2D eigenvalue weighted by Crippen LogP contribution is -2.07. The molecule has 2 aromatic carbocycles. The zero-order valence-corrected chi connectivity index (χ0v) is 9.48. The van der Waals surface area contributed by atoms with Gasteiger partial charge < -0.3 is 10.8 Å². The Morgan fingerprint density at radius 3 is 2.50 bits per heavy atom. The van der Waals surface area contributed by atoms with Crippen LogP contribution in [0.25, 0.3) is 10.8 Å². The van der Waals surface area contributed by atoms with Crippen molar-refractivity contribution in [3.8, 4) is 0 Å². The van der Waals surface area contributed by atoms with Gasteiger partial charge in [0.05, 0.1) is 6.10 Å². The monoisotopic (exact) mass is 215 g/mol. The normalized spacial score (nSPS) is 12.9. The SMILES string of the molecule is Cc1ccc([C@H](O)CCN)c2ccccc12. The molecule has 84 valence electrons. The van der Waals surface area contributed by atoms with Gasteiger partial charge in [0.25, 0.3) is 0 Å². The molecule has 2 nitrogen and oxygen atoms in total. The molecule has 0 amide bonds. The molecule has 0 fully saturated rings. The number of benzene rings is 2. The predicted molar refractivity (Wildman–Crippen MR) is 67.3 cm³/mol. The number of rotatable bonds is 3. The highest BCUT2D eigenvalue weighted by molar-refractivity contribution is 5.88. The number of nitrogens with two attached hydrogens (primary N) is 1. The highest BCUT2D eigenvalue weighted by Gasteiger charge is 2.10. The van der Waals surface area contributed by atoms with Gasteiger partial charge in [-0.1, -0.05) is 36.4 Å². The van der Waals surface area contributed by atoms with Crippen LogP contribution >= 0.6 is 0 Å². The van der Waals surface area contributed by atoms with E-state index in [9.17, 15) is 5.11 Å². The fourth-order valence-electron chi connectivity index (χ4n) is 2.08. The van der Waals surface area contributed by atoms with Crippen molar-refractivity contribution in [2.24, 2.45) is 5.73 Å². The van der Waals surface area contributed by atoms with Crippen molar-refractivity contribution in [1.29, 1.82) is 0 Å². The maximum Gasteiger partial charge on any atom is 0.0808 e. The summed E-state index contributed by atoms with van der Waals surface area (Å²) >= 11 is 0. The van der Waals surface area contributed by atoms with Crippen LogP contribution in [0.5, 0.6) is 0 Å². The summed E-state index contributed by atoms with van der Waals surface area (Å²) in [5.74, 6) is 0. The van der Waals surface area contributed by atoms with Crippen LogP contribution in [0.3, 0.4) is 0 Å². The van der Waals surface area contributed by atoms with Gasteiger partial charge in [-0.2, -0.15) is 0 Å². The summed E-state index contributed by atoms with van der Waals surface area (Å²) in [6, 6.07) is 12.2. The largest absolute Gasteiger partial charge is 0.388 e. The molecule has 0 bridgehead atoms. The number of aliphatic hydroxyl groups excluding tert-OH is 1. The summed E-state index contributed by atoms with van der Waals surface area (Å²) in [5, 5.41) is 12.4. The Kier molecular flexibility index (Phi) is 3.22. The van der Waals surface area contributed by atoms with E-state index in [1.807, 2.05) is 18.2 Å². The molecule has 0 unspecified atom stereocenters. The molecule has 0 spiro atoms. The number of hydrogen-bond donors (Lipinski definition) is 2. The van der Waals surface area contributed by atoms with Gasteiger partial charge in [0, 0.05) is 0 Å². The number of aryl methyl sites for hydroxylation is 1. The third-order valence-electron chi connectivity index (χ3n) is 2.97. The molecule has 0 saturated heterocycles. The van der Waals surface area contributed by atoms with Crippen molar-refractivity contribution in [3.05, 3.63) is 47.5 Å². The Bertz CT molecular complexity index is 493. The molecular weight excluding hydrogens is 198 g/mol. The maximum absolute atomic E-state index is 10.0. The van der Waals surface area contributed by atoms with E-state index in [0.717, 1.165) is 10.9 Å². The molecule has 0 aromatic heterocycles. The minimum Gasteiger partial charge on any atom is -0.388 e. The van der Waals surface area contributed by atoms with E-state index in [0.29, 0.717) is 13.0 Å². The lowest BCUT2D eigenvalue weighted by Gasteiger charge is -2.14. The van der Waals surface area contributed by atoms with Crippen molar-refractivity contribution in [1.82, 2.24) is 0 Å². The van der Waals surface area contributed by atoms with Crippen molar-refractivity contribution in [2.75, 3.05) is 6.54 Å².